The average Bonchev–Trinajstić information content (AvgIpc) is 2.81. The summed E-state index contributed by atoms with van der Waals surface area (Å²) >= 11 is 7.65. The van der Waals surface area contributed by atoms with Crippen molar-refractivity contribution in [1.29, 1.82) is 0 Å². The summed E-state index contributed by atoms with van der Waals surface area (Å²) in [5.74, 6) is 1.07. The van der Waals surface area contributed by atoms with Crippen molar-refractivity contribution in [1.82, 2.24) is 10.2 Å². The third kappa shape index (κ3) is 8.08. The molecular formula is C27H35ClN2O2S. The Labute approximate surface area is 207 Å². The van der Waals surface area contributed by atoms with E-state index in [2.05, 4.69) is 30.4 Å². The van der Waals surface area contributed by atoms with Gasteiger partial charge in [-0.3, -0.25) is 9.59 Å². The van der Waals surface area contributed by atoms with Crippen LogP contribution in [0.1, 0.15) is 62.1 Å². The first-order valence-electron chi connectivity index (χ1n) is 11.9. The Hall–Kier alpha value is -1.98. The van der Waals surface area contributed by atoms with Crippen LogP contribution in [0.15, 0.2) is 48.5 Å². The lowest BCUT2D eigenvalue weighted by atomic mass is 9.95. The van der Waals surface area contributed by atoms with Gasteiger partial charge in [-0.15, -0.1) is 11.8 Å². The number of carbonyl (C=O) groups excluding carboxylic acids is 2. The zero-order valence-corrected chi connectivity index (χ0v) is 21.3. The number of hydrogen-bond acceptors (Lipinski definition) is 3. The Morgan fingerprint density at radius 2 is 1.82 bits per heavy atom. The maximum absolute atomic E-state index is 13.4. The first-order chi connectivity index (χ1) is 16.0. The molecule has 1 fully saturated rings. The van der Waals surface area contributed by atoms with E-state index in [4.69, 9.17) is 11.6 Å². The molecule has 0 radical (unpaired) electrons. The fourth-order valence-corrected chi connectivity index (χ4v) is 5.38. The van der Waals surface area contributed by atoms with Gasteiger partial charge in [-0.2, -0.15) is 0 Å². The fraction of sp³-hybridized carbons (Fsp3) is 0.481. The van der Waals surface area contributed by atoms with Crippen LogP contribution >= 0.6 is 23.4 Å². The van der Waals surface area contributed by atoms with E-state index in [1.807, 2.05) is 37.3 Å². The van der Waals surface area contributed by atoms with Gasteiger partial charge in [-0.25, -0.2) is 0 Å². The molecule has 1 atom stereocenters. The second-order valence-electron chi connectivity index (χ2n) is 8.90. The predicted molar refractivity (Wildman–Crippen MR) is 138 cm³/mol. The zero-order valence-electron chi connectivity index (χ0n) is 19.7. The number of benzene rings is 2. The summed E-state index contributed by atoms with van der Waals surface area (Å²) in [6.07, 6.45) is 6.19. The van der Waals surface area contributed by atoms with Crippen molar-refractivity contribution < 1.29 is 9.59 Å². The second-order valence-corrected chi connectivity index (χ2v) is 10.3. The monoisotopic (exact) mass is 486 g/mol. The largest absolute Gasteiger partial charge is 0.352 e. The van der Waals surface area contributed by atoms with Crippen LogP contribution < -0.4 is 5.32 Å². The molecular weight excluding hydrogens is 452 g/mol. The molecule has 33 heavy (non-hydrogen) atoms. The molecule has 0 heterocycles. The molecule has 0 bridgehead atoms. The number of aryl methyl sites for hydroxylation is 1. The minimum atomic E-state index is -0.477. The highest BCUT2D eigenvalue weighted by molar-refractivity contribution is 7.99. The number of thioether (sulfide) groups is 1. The molecule has 0 spiro atoms. The number of nitrogens with zero attached hydrogens (tertiary/aromatic N) is 1. The first kappa shape index (κ1) is 25.6. The molecule has 3 rings (SSSR count). The van der Waals surface area contributed by atoms with Crippen molar-refractivity contribution >= 4 is 35.2 Å². The minimum absolute atomic E-state index is 0.00625. The lowest BCUT2D eigenvalue weighted by Gasteiger charge is -2.32. The van der Waals surface area contributed by atoms with Crippen molar-refractivity contribution in [2.75, 3.05) is 5.75 Å². The summed E-state index contributed by atoms with van der Waals surface area (Å²) in [4.78, 5) is 28.4. The number of carbonyl (C=O) groups is 2. The summed E-state index contributed by atoms with van der Waals surface area (Å²) in [6, 6.07) is 15.6. The van der Waals surface area contributed by atoms with Crippen LogP contribution in [-0.4, -0.2) is 34.6 Å². The molecule has 1 saturated carbocycles. The quantitative estimate of drug-likeness (QED) is 0.439. The van der Waals surface area contributed by atoms with Crippen LogP contribution in [0.2, 0.25) is 5.02 Å². The molecule has 0 saturated heterocycles. The summed E-state index contributed by atoms with van der Waals surface area (Å²) in [5.41, 5.74) is 3.40. The molecule has 6 heteroatoms. The van der Waals surface area contributed by atoms with E-state index in [1.165, 1.54) is 17.5 Å². The summed E-state index contributed by atoms with van der Waals surface area (Å²) in [6.45, 7) is 4.45. The summed E-state index contributed by atoms with van der Waals surface area (Å²) in [5, 5.41) is 3.89. The number of hydrogen-bond donors (Lipinski definition) is 1. The Morgan fingerprint density at radius 3 is 2.48 bits per heavy atom. The van der Waals surface area contributed by atoms with Crippen molar-refractivity contribution in [3.63, 3.8) is 0 Å². The Bertz CT molecular complexity index is 913. The molecule has 178 valence electrons. The van der Waals surface area contributed by atoms with Crippen molar-refractivity contribution in [3.05, 3.63) is 70.2 Å². The van der Waals surface area contributed by atoms with Gasteiger partial charge in [0.15, 0.2) is 0 Å². The van der Waals surface area contributed by atoms with Gasteiger partial charge < -0.3 is 10.2 Å². The van der Waals surface area contributed by atoms with E-state index < -0.39 is 6.04 Å². The van der Waals surface area contributed by atoms with Crippen LogP contribution in [0.4, 0.5) is 0 Å². The fourth-order valence-electron chi connectivity index (χ4n) is 4.39. The Balaban J connectivity index is 1.69. The Morgan fingerprint density at radius 1 is 1.09 bits per heavy atom. The van der Waals surface area contributed by atoms with E-state index in [0.717, 1.165) is 37.0 Å². The first-order valence-corrected chi connectivity index (χ1v) is 13.5. The van der Waals surface area contributed by atoms with E-state index >= 15 is 0 Å². The standard InChI is InChI=1S/C27H35ClN2O2S/c1-3-25(27(32)29-24-10-5-4-6-11-24)30(17-21-12-14-23(28)15-13-21)26(31)19-33-18-22-9-7-8-20(2)16-22/h7-9,12-16,24-25H,3-6,10-11,17-19H2,1-2H3,(H,29,32)/t25-/m0/s1. The van der Waals surface area contributed by atoms with Crippen LogP contribution in [0.3, 0.4) is 0 Å². The number of nitrogens with one attached hydrogen (secondary N) is 1. The smallest absolute Gasteiger partial charge is 0.243 e. The van der Waals surface area contributed by atoms with Gasteiger partial charge in [0.05, 0.1) is 5.75 Å². The van der Waals surface area contributed by atoms with Crippen LogP contribution in [0.5, 0.6) is 0 Å². The maximum Gasteiger partial charge on any atom is 0.243 e. The SMILES string of the molecule is CC[C@@H](C(=O)NC1CCCCC1)N(Cc1ccc(Cl)cc1)C(=O)CSCc1cccc(C)c1. The number of amides is 2. The van der Waals surface area contributed by atoms with Gasteiger partial charge in [-0.05, 0) is 49.4 Å². The Kier molecular flexibility index (Phi) is 10.1. The minimum Gasteiger partial charge on any atom is -0.352 e. The molecule has 2 amide bonds. The summed E-state index contributed by atoms with van der Waals surface area (Å²) in [7, 11) is 0. The molecule has 0 aromatic heterocycles. The van der Waals surface area contributed by atoms with Crippen molar-refractivity contribution in [2.45, 2.75) is 76.8 Å². The second kappa shape index (κ2) is 13.0. The van der Waals surface area contributed by atoms with Gasteiger partial charge in [0.2, 0.25) is 11.8 Å². The van der Waals surface area contributed by atoms with Gasteiger partial charge in [0, 0.05) is 23.4 Å². The lowest BCUT2D eigenvalue weighted by molar-refractivity contribution is -0.139. The topological polar surface area (TPSA) is 49.4 Å². The van der Waals surface area contributed by atoms with Crippen LogP contribution in [0, 0.1) is 6.92 Å². The van der Waals surface area contributed by atoms with Crippen molar-refractivity contribution in [2.24, 2.45) is 0 Å². The number of rotatable bonds is 10. The van der Waals surface area contributed by atoms with Crippen LogP contribution in [-0.2, 0) is 21.9 Å². The van der Waals surface area contributed by atoms with E-state index in [0.29, 0.717) is 23.7 Å². The van der Waals surface area contributed by atoms with Crippen molar-refractivity contribution in [3.8, 4) is 0 Å². The highest BCUT2D eigenvalue weighted by Gasteiger charge is 2.30. The molecule has 1 N–H and O–H groups in total. The highest BCUT2D eigenvalue weighted by atomic mass is 35.5. The van der Waals surface area contributed by atoms with Gasteiger partial charge >= 0.3 is 0 Å². The third-order valence-corrected chi connectivity index (χ3v) is 7.42. The lowest BCUT2D eigenvalue weighted by Crippen LogP contribution is -2.52. The number of halogens is 1. The van der Waals surface area contributed by atoms with Gasteiger partial charge in [0.25, 0.3) is 0 Å². The molecule has 2 aromatic rings. The normalized spacial score (nSPS) is 15.1. The molecule has 4 nitrogen and oxygen atoms in total. The average molecular weight is 487 g/mol. The van der Waals surface area contributed by atoms with E-state index in [9.17, 15) is 9.59 Å². The van der Waals surface area contributed by atoms with E-state index in [1.54, 1.807) is 16.7 Å². The summed E-state index contributed by atoms with van der Waals surface area (Å²) < 4.78 is 0. The zero-order chi connectivity index (χ0) is 23.6. The van der Waals surface area contributed by atoms with E-state index in [-0.39, 0.29) is 17.9 Å². The third-order valence-electron chi connectivity index (χ3n) is 6.18. The maximum atomic E-state index is 13.4. The molecule has 1 aliphatic carbocycles. The molecule has 0 unspecified atom stereocenters. The molecule has 0 aliphatic heterocycles. The molecule has 2 aromatic carbocycles. The van der Waals surface area contributed by atoms with Gasteiger partial charge in [-0.1, -0.05) is 79.7 Å². The van der Waals surface area contributed by atoms with Crippen LogP contribution in [0.25, 0.3) is 0 Å². The van der Waals surface area contributed by atoms with Gasteiger partial charge in [0.1, 0.15) is 6.04 Å². The molecule has 1 aliphatic rings. The highest BCUT2D eigenvalue weighted by Crippen LogP contribution is 2.21. The predicted octanol–water partition coefficient (Wildman–Crippen LogP) is 6.14.